The van der Waals surface area contributed by atoms with Crippen LogP contribution in [0.5, 0.6) is 0 Å². The van der Waals surface area contributed by atoms with Crippen LogP contribution < -0.4 is 5.32 Å². The predicted molar refractivity (Wildman–Crippen MR) is 60.3 cm³/mol. The van der Waals surface area contributed by atoms with Gasteiger partial charge in [0.2, 0.25) is 0 Å². The fourth-order valence-electron chi connectivity index (χ4n) is 2.26. The number of nitrogens with one attached hydrogen (secondary N) is 1. The normalized spacial score (nSPS) is 23.6. The zero-order valence-corrected chi connectivity index (χ0v) is 10.7. The summed E-state index contributed by atoms with van der Waals surface area (Å²) in [7, 11) is -5.16. The maximum atomic E-state index is 12.6. The third-order valence-electron chi connectivity index (χ3n) is 3.45. The van der Waals surface area contributed by atoms with E-state index in [0.29, 0.717) is 17.1 Å². The van der Waals surface area contributed by atoms with Crippen molar-refractivity contribution in [2.75, 3.05) is 19.6 Å². The molecule has 0 amide bonds. The molecule has 1 saturated heterocycles. The summed E-state index contributed by atoms with van der Waals surface area (Å²) in [6.07, 6.45) is 2.55. The van der Waals surface area contributed by atoms with Crippen LogP contribution in [0.2, 0.25) is 0 Å². The van der Waals surface area contributed by atoms with Crippen LogP contribution in [0.25, 0.3) is 0 Å². The molecule has 0 atom stereocenters. The van der Waals surface area contributed by atoms with Crippen molar-refractivity contribution in [3.63, 3.8) is 0 Å². The van der Waals surface area contributed by atoms with Crippen molar-refractivity contribution in [3.05, 3.63) is 0 Å². The molecule has 2 rings (SSSR count). The molecular formula is C10H17F3N2O2S. The highest BCUT2D eigenvalue weighted by Crippen LogP contribution is 2.37. The zero-order valence-electron chi connectivity index (χ0n) is 9.91. The molecule has 0 spiro atoms. The minimum Gasteiger partial charge on any atom is -0.317 e. The van der Waals surface area contributed by atoms with E-state index in [1.54, 1.807) is 0 Å². The topological polar surface area (TPSA) is 49.4 Å². The van der Waals surface area contributed by atoms with E-state index in [2.05, 4.69) is 5.32 Å². The van der Waals surface area contributed by atoms with Gasteiger partial charge in [0.1, 0.15) is 0 Å². The molecule has 0 radical (unpaired) electrons. The molecule has 106 valence electrons. The number of rotatable bonds is 4. The number of sulfonamides is 1. The Morgan fingerprint density at radius 3 is 2.11 bits per heavy atom. The Labute approximate surface area is 105 Å². The van der Waals surface area contributed by atoms with Crippen molar-refractivity contribution >= 4 is 10.0 Å². The molecule has 1 saturated carbocycles. The average Bonchev–Trinajstić information content (AvgIpc) is 3.09. The Bertz CT molecular complexity index is 386. The summed E-state index contributed by atoms with van der Waals surface area (Å²) in [5.74, 6) is 0.0315. The summed E-state index contributed by atoms with van der Waals surface area (Å²) < 4.78 is 61.4. The lowest BCUT2D eigenvalue weighted by Crippen LogP contribution is -2.45. The number of halogens is 3. The van der Waals surface area contributed by atoms with Crippen LogP contribution in [0, 0.1) is 5.92 Å². The van der Waals surface area contributed by atoms with Gasteiger partial charge in [-0.05, 0) is 44.7 Å². The second kappa shape index (κ2) is 4.97. The van der Waals surface area contributed by atoms with Gasteiger partial charge in [0.05, 0.1) is 0 Å². The van der Waals surface area contributed by atoms with Crippen LogP contribution in [0.15, 0.2) is 0 Å². The van der Waals surface area contributed by atoms with Gasteiger partial charge < -0.3 is 5.32 Å². The van der Waals surface area contributed by atoms with Gasteiger partial charge in [0, 0.05) is 12.6 Å². The fourth-order valence-corrected chi connectivity index (χ4v) is 3.53. The van der Waals surface area contributed by atoms with Crippen molar-refractivity contribution < 1.29 is 21.6 Å². The number of nitrogens with zero attached hydrogens (tertiary/aromatic N) is 1. The predicted octanol–water partition coefficient (Wildman–Crippen LogP) is 1.30. The van der Waals surface area contributed by atoms with Gasteiger partial charge in [-0.1, -0.05) is 0 Å². The van der Waals surface area contributed by atoms with Crippen LogP contribution in [0.4, 0.5) is 13.2 Å². The SMILES string of the molecule is O=S(=O)(N(CC1CCNCC1)C1CC1)C(F)(F)F. The molecule has 0 unspecified atom stereocenters. The van der Waals surface area contributed by atoms with Crippen LogP contribution in [-0.4, -0.2) is 43.9 Å². The van der Waals surface area contributed by atoms with Crippen molar-refractivity contribution in [1.29, 1.82) is 0 Å². The molecule has 1 aliphatic heterocycles. The summed E-state index contributed by atoms with van der Waals surface area (Å²) in [6.45, 7) is 1.50. The van der Waals surface area contributed by atoms with Gasteiger partial charge in [0.15, 0.2) is 0 Å². The standard InChI is InChI=1S/C10H17F3N2O2S/c11-10(12,13)18(16,17)15(9-1-2-9)7-8-3-5-14-6-4-8/h8-9,14H,1-7H2. The molecule has 0 bridgehead atoms. The smallest absolute Gasteiger partial charge is 0.317 e. The van der Waals surface area contributed by atoms with Gasteiger partial charge in [-0.15, -0.1) is 0 Å². The lowest BCUT2D eigenvalue weighted by atomic mass is 9.98. The first-order valence-corrected chi connectivity index (χ1v) is 7.55. The number of hydrogen-bond acceptors (Lipinski definition) is 3. The lowest BCUT2D eigenvalue weighted by Gasteiger charge is -2.29. The van der Waals surface area contributed by atoms with E-state index in [9.17, 15) is 21.6 Å². The minimum absolute atomic E-state index is 0.00812. The van der Waals surface area contributed by atoms with Gasteiger partial charge in [-0.3, -0.25) is 0 Å². The molecule has 0 aromatic heterocycles. The molecule has 4 nitrogen and oxygen atoms in total. The zero-order chi connectivity index (χ0) is 13.4. The number of piperidine rings is 1. The van der Waals surface area contributed by atoms with E-state index in [1.165, 1.54) is 0 Å². The Balaban J connectivity index is 2.08. The largest absolute Gasteiger partial charge is 0.511 e. The van der Waals surface area contributed by atoms with Gasteiger partial charge >= 0.3 is 15.5 Å². The monoisotopic (exact) mass is 286 g/mol. The average molecular weight is 286 g/mol. The summed E-state index contributed by atoms with van der Waals surface area (Å²) >= 11 is 0. The Morgan fingerprint density at radius 2 is 1.67 bits per heavy atom. The lowest BCUT2D eigenvalue weighted by molar-refractivity contribution is -0.0496. The van der Waals surface area contributed by atoms with Crippen LogP contribution in [0.1, 0.15) is 25.7 Å². The van der Waals surface area contributed by atoms with E-state index in [-0.39, 0.29) is 12.5 Å². The Morgan fingerprint density at radius 1 is 1.11 bits per heavy atom. The highest BCUT2D eigenvalue weighted by molar-refractivity contribution is 7.90. The first-order chi connectivity index (χ1) is 8.32. The Hall–Kier alpha value is -0.340. The first-order valence-electron chi connectivity index (χ1n) is 6.11. The van der Waals surface area contributed by atoms with E-state index >= 15 is 0 Å². The molecule has 1 N–H and O–H groups in total. The second-order valence-corrected chi connectivity index (χ2v) is 6.83. The van der Waals surface area contributed by atoms with Gasteiger partial charge in [0.25, 0.3) is 0 Å². The minimum atomic E-state index is -5.18. The highest BCUT2D eigenvalue weighted by Gasteiger charge is 2.54. The van der Waals surface area contributed by atoms with E-state index in [0.717, 1.165) is 25.9 Å². The molecule has 2 fully saturated rings. The van der Waals surface area contributed by atoms with Crippen molar-refractivity contribution in [2.45, 2.75) is 37.2 Å². The molecule has 1 aliphatic carbocycles. The summed E-state index contributed by atoms with van der Waals surface area (Å²) in [4.78, 5) is 0. The molecule has 0 aromatic carbocycles. The highest BCUT2D eigenvalue weighted by atomic mass is 32.2. The maximum Gasteiger partial charge on any atom is 0.511 e. The van der Waals surface area contributed by atoms with Crippen molar-refractivity contribution in [1.82, 2.24) is 9.62 Å². The number of hydrogen-bond donors (Lipinski definition) is 1. The third kappa shape index (κ3) is 2.97. The fraction of sp³-hybridized carbons (Fsp3) is 1.00. The molecule has 0 aromatic rings. The van der Waals surface area contributed by atoms with Crippen LogP contribution >= 0.6 is 0 Å². The van der Waals surface area contributed by atoms with Crippen molar-refractivity contribution in [2.24, 2.45) is 5.92 Å². The summed E-state index contributed by atoms with van der Waals surface area (Å²) in [5.41, 5.74) is -5.18. The van der Waals surface area contributed by atoms with Gasteiger partial charge in [-0.2, -0.15) is 17.5 Å². The molecular weight excluding hydrogens is 269 g/mol. The van der Waals surface area contributed by atoms with Crippen LogP contribution in [0.3, 0.4) is 0 Å². The second-order valence-electron chi connectivity index (χ2n) is 4.95. The van der Waals surface area contributed by atoms with Crippen LogP contribution in [-0.2, 0) is 10.0 Å². The molecule has 8 heteroatoms. The quantitative estimate of drug-likeness (QED) is 0.847. The van der Waals surface area contributed by atoms with E-state index in [1.807, 2.05) is 0 Å². The van der Waals surface area contributed by atoms with E-state index < -0.39 is 21.6 Å². The third-order valence-corrected chi connectivity index (χ3v) is 5.10. The van der Waals surface area contributed by atoms with Gasteiger partial charge in [-0.25, -0.2) is 8.42 Å². The summed E-state index contributed by atoms with van der Waals surface area (Å²) in [6, 6.07) is -0.438. The molecule has 1 heterocycles. The first kappa shape index (κ1) is 14.1. The van der Waals surface area contributed by atoms with E-state index in [4.69, 9.17) is 0 Å². The summed E-state index contributed by atoms with van der Waals surface area (Å²) in [5, 5.41) is 3.11. The molecule has 18 heavy (non-hydrogen) atoms. The molecule has 2 aliphatic rings. The Kier molecular flexibility index (Phi) is 3.89. The van der Waals surface area contributed by atoms with Crippen molar-refractivity contribution in [3.8, 4) is 0 Å². The number of alkyl halides is 3. The maximum absolute atomic E-state index is 12.6.